The van der Waals surface area contributed by atoms with Crippen molar-refractivity contribution in [3.05, 3.63) is 113 Å². The summed E-state index contributed by atoms with van der Waals surface area (Å²) in [5.74, 6) is 0.0988. The molecule has 5 rings (SSSR count). The lowest BCUT2D eigenvalue weighted by Crippen LogP contribution is -2.30. The van der Waals surface area contributed by atoms with E-state index < -0.39 is 17.8 Å². The van der Waals surface area contributed by atoms with Gasteiger partial charge in [-0.05, 0) is 59.2 Å². The van der Waals surface area contributed by atoms with Gasteiger partial charge in [0.2, 0.25) is 0 Å². The van der Waals surface area contributed by atoms with Gasteiger partial charge in [0.05, 0.1) is 13.2 Å². The van der Waals surface area contributed by atoms with E-state index in [1.165, 1.54) is 11.5 Å². The minimum absolute atomic E-state index is 0.105. The second-order valence-corrected chi connectivity index (χ2v) is 8.58. The zero-order valence-electron chi connectivity index (χ0n) is 20.2. The Morgan fingerprint density at radius 2 is 1.65 bits per heavy atom. The molecule has 0 unspecified atom stereocenters. The van der Waals surface area contributed by atoms with Gasteiger partial charge in [0.1, 0.15) is 18.1 Å². The van der Waals surface area contributed by atoms with E-state index in [1.807, 2.05) is 25.1 Å². The summed E-state index contributed by atoms with van der Waals surface area (Å²) in [5, 5.41) is 4.88. The van der Waals surface area contributed by atoms with Crippen molar-refractivity contribution >= 4 is 28.8 Å². The van der Waals surface area contributed by atoms with Gasteiger partial charge in [-0.15, -0.1) is 0 Å². The van der Waals surface area contributed by atoms with E-state index in [1.54, 1.807) is 42.5 Å². The monoisotopic (exact) mass is 496 g/mol. The number of carbonyl (C=O) groups is 2. The van der Waals surface area contributed by atoms with Crippen LogP contribution in [0.4, 0.5) is 9.18 Å². The smallest absolute Gasteiger partial charge is 0.329 e. The standard InChI is InChI=1S/C30H25FN2O4/c1-2-36-28-17-20(12-14-27(28)37-19-21-11-13-22-7-3-4-8-23(22)15-21)16-26-29(34)33(30(35)32-26)18-24-9-5-6-10-25(24)31/h3-17H,2,18-19H2,1H3,(H,32,35)/b26-16+. The minimum Gasteiger partial charge on any atom is -0.490 e. The van der Waals surface area contributed by atoms with E-state index in [9.17, 15) is 14.0 Å². The molecule has 1 heterocycles. The molecule has 7 heteroatoms. The van der Waals surface area contributed by atoms with Gasteiger partial charge < -0.3 is 14.8 Å². The second-order valence-electron chi connectivity index (χ2n) is 8.58. The van der Waals surface area contributed by atoms with Gasteiger partial charge >= 0.3 is 6.03 Å². The summed E-state index contributed by atoms with van der Waals surface area (Å²) in [6.07, 6.45) is 1.57. The Kier molecular flexibility index (Phi) is 6.85. The molecule has 1 aliphatic heterocycles. The summed E-state index contributed by atoms with van der Waals surface area (Å²) >= 11 is 0. The van der Waals surface area contributed by atoms with Crippen LogP contribution in [-0.2, 0) is 17.9 Å². The van der Waals surface area contributed by atoms with E-state index in [4.69, 9.17) is 9.47 Å². The molecule has 0 aliphatic carbocycles. The molecule has 0 bridgehead atoms. The first-order valence-corrected chi connectivity index (χ1v) is 12.0. The molecule has 4 aromatic carbocycles. The molecule has 1 N–H and O–H groups in total. The molecule has 6 nitrogen and oxygen atoms in total. The first kappa shape index (κ1) is 24.1. The largest absolute Gasteiger partial charge is 0.490 e. The van der Waals surface area contributed by atoms with E-state index in [2.05, 4.69) is 29.6 Å². The molecule has 1 aliphatic rings. The number of halogens is 1. The molecule has 0 radical (unpaired) electrons. The van der Waals surface area contributed by atoms with Crippen LogP contribution in [0.5, 0.6) is 11.5 Å². The second kappa shape index (κ2) is 10.5. The van der Waals surface area contributed by atoms with Crippen LogP contribution in [0, 0.1) is 5.82 Å². The zero-order valence-corrected chi connectivity index (χ0v) is 20.2. The summed E-state index contributed by atoms with van der Waals surface area (Å²) in [6, 6.07) is 25.1. The quantitative estimate of drug-likeness (QED) is 0.238. The fourth-order valence-electron chi connectivity index (χ4n) is 4.17. The van der Waals surface area contributed by atoms with Crippen LogP contribution in [0.1, 0.15) is 23.6 Å². The average molecular weight is 497 g/mol. The molecule has 0 atom stereocenters. The van der Waals surface area contributed by atoms with Crippen molar-refractivity contribution in [2.45, 2.75) is 20.1 Å². The fraction of sp³-hybridized carbons (Fsp3) is 0.133. The van der Waals surface area contributed by atoms with Gasteiger partial charge in [0, 0.05) is 5.56 Å². The lowest BCUT2D eigenvalue weighted by atomic mass is 10.1. The first-order chi connectivity index (χ1) is 18.0. The number of hydrogen-bond acceptors (Lipinski definition) is 4. The topological polar surface area (TPSA) is 67.9 Å². The Bertz CT molecular complexity index is 1510. The maximum Gasteiger partial charge on any atom is 0.329 e. The van der Waals surface area contributed by atoms with E-state index in [-0.39, 0.29) is 17.8 Å². The van der Waals surface area contributed by atoms with Crippen molar-refractivity contribution in [3.8, 4) is 11.5 Å². The maximum atomic E-state index is 14.0. The maximum absolute atomic E-state index is 14.0. The first-order valence-electron chi connectivity index (χ1n) is 12.0. The van der Waals surface area contributed by atoms with Crippen molar-refractivity contribution in [2.75, 3.05) is 6.61 Å². The number of ether oxygens (including phenoxy) is 2. The third-order valence-electron chi connectivity index (χ3n) is 6.04. The number of fused-ring (bicyclic) bond motifs is 1. The molecule has 0 saturated carbocycles. The van der Waals surface area contributed by atoms with Gasteiger partial charge in [-0.1, -0.05) is 60.7 Å². The van der Waals surface area contributed by atoms with Gasteiger partial charge in [-0.2, -0.15) is 0 Å². The number of hydrogen-bond donors (Lipinski definition) is 1. The predicted molar refractivity (Wildman–Crippen MR) is 139 cm³/mol. The van der Waals surface area contributed by atoms with Crippen molar-refractivity contribution < 1.29 is 23.5 Å². The fourth-order valence-corrected chi connectivity index (χ4v) is 4.17. The molecule has 0 aromatic heterocycles. The lowest BCUT2D eigenvalue weighted by molar-refractivity contribution is -0.123. The van der Waals surface area contributed by atoms with Crippen LogP contribution in [0.2, 0.25) is 0 Å². The summed E-state index contributed by atoms with van der Waals surface area (Å²) < 4.78 is 25.9. The summed E-state index contributed by atoms with van der Waals surface area (Å²) in [5.41, 5.74) is 2.05. The Labute approximate surface area is 213 Å². The van der Waals surface area contributed by atoms with Crippen LogP contribution < -0.4 is 14.8 Å². The van der Waals surface area contributed by atoms with E-state index in [0.29, 0.717) is 30.3 Å². The number of imide groups is 1. The van der Waals surface area contributed by atoms with Crippen molar-refractivity contribution in [1.82, 2.24) is 10.2 Å². The molecule has 0 spiro atoms. The number of nitrogens with zero attached hydrogens (tertiary/aromatic N) is 1. The van der Waals surface area contributed by atoms with Crippen molar-refractivity contribution in [3.63, 3.8) is 0 Å². The zero-order chi connectivity index (χ0) is 25.8. The Balaban J connectivity index is 1.32. The van der Waals surface area contributed by atoms with E-state index in [0.717, 1.165) is 15.8 Å². The summed E-state index contributed by atoms with van der Waals surface area (Å²) in [4.78, 5) is 26.3. The number of urea groups is 1. The third kappa shape index (κ3) is 5.30. The van der Waals surface area contributed by atoms with Crippen molar-refractivity contribution in [2.24, 2.45) is 0 Å². The molecule has 3 amide bonds. The number of carbonyl (C=O) groups excluding carboxylic acids is 2. The highest BCUT2D eigenvalue weighted by molar-refractivity contribution is 6.13. The predicted octanol–water partition coefficient (Wildman–Crippen LogP) is 6.05. The molecule has 37 heavy (non-hydrogen) atoms. The SMILES string of the molecule is CCOc1cc(/C=C2/NC(=O)N(Cc3ccccc3F)C2=O)ccc1OCc1ccc2ccccc2c1. The van der Waals surface area contributed by atoms with Crippen molar-refractivity contribution in [1.29, 1.82) is 0 Å². The van der Waals surface area contributed by atoms with Gasteiger partial charge in [-0.25, -0.2) is 9.18 Å². The van der Waals surface area contributed by atoms with Crippen LogP contribution >= 0.6 is 0 Å². The molecule has 1 fully saturated rings. The van der Waals surface area contributed by atoms with Crippen LogP contribution in [0.25, 0.3) is 16.8 Å². The Morgan fingerprint density at radius 1 is 0.865 bits per heavy atom. The summed E-state index contributed by atoms with van der Waals surface area (Å²) in [7, 11) is 0. The molecule has 1 saturated heterocycles. The van der Waals surface area contributed by atoms with Crippen LogP contribution in [0.15, 0.2) is 90.6 Å². The highest BCUT2D eigenvalue weighted by atomic mass is 19.1. The minimum atomic E-state index is -0.597. The number of benzene rings is 4. The third-order valence-corrected chi connectivity index (χ3v) is 6.04. The highest BCUT2D eigenvalue weighted by Gasteiger charge is 2.34. The number of amides is 3. The van der Waals surface area contributed by atoms with Crippen LogP contribution in [-0.4, -0.2) is 23.4 Å². The number of nitrogens with one attached hydrogen (secondary N) is 1. The van der Waals surface area contributed by atoms with Crippen LogP contribution in [0.3, 0.4) is 0 Å². The molecule has 186 valence electrons. The molecular formula is C30H25FN2O4. The normalized spacial score (nSPS) is 14.3. The summed E-state index contributed by atoms with van der Waals surface area (Å²) in [6.45, 7) is 2.52. The molecular weight excluding hydrogens is 471 g/mol. The van der Waals surface area contributed by atoms with Gasteiger partial charge in [0.15, 0.2) is 11.5 Å². The van der Waals surface area contributed by atoms with E-state index >= 15 is 0 Å². The Hall–Kier alpha value is -4.65. The lowest BCUT2D eigenvalue weighted by Gasteiger charge is -2.13. The highest BCUT2D eigenvalue weighted by Crippen LogP contribution is 2.31. The average Bonchev–Trinajstić information content (AvgIpc) is 3.16. The number of rotatable bonds is 8. The van der Waals surface area contributed by atoms with Gasteiger partial charge in [-0.3, -0.25) is 9.69 Å². The molecule has 4 aromatic rings. The Morgan fingerprint density at radius 3 is 2.46 bits per heavy atom. The van der Waals surface area contributed by atoms with Gasteiger partial charge in [0.25, 0.3) is 5.91 Å².